The minimum atomic E-state index is -1.89. The van der Waals surface area contributed by atoms with Gasteiger partial charge in [0.15, 0.2) is 0 Å². The first-order chi connectivity index (χ1) is 12.5. The molecule has 1 fully saturated rings. The van der Waals surface area contributed by atoms with E-state index in [2.05, 4.69) is 0 Å². The highest BCUT2D eigenvalue weighted by Crippen LogP contribution is 2.31. The van der Waals surface area contributed by atoms with Crippen molar-refractivity contribution >= 4 is 5.97 Å². The molecule has 0 saturated carbocycles. The molecule has 1 heterocycles. The second-order valence-electron chi connectivity index (χ2n) is 6.80. The van der Waals surface area contributed by atoms with Gasteiger partial charge >= 0.3 is 5.97 Å². The van der Waals surface area contributed by atoms with Crippen molar-refractivity contribution in [2.45, 2.75) is 30.6 Å². The Balaban J connectivity index is 1.84. The number of hydrogen-bond acceptors (Lipinski definition) is 5. The summed E-state index contributed by atoms with van der Waals surface area (Å²) >= 11 is 0. The number of aliphatic hydroxyl groups is 2. The number of likely N-dealkylation sites (N-methyl/N-ethyl adjacent to an activating group) is 1. The minimum Gasteiger partial charge on any atom is -0.461 e. The SMILES string of the molecule is CN1CCCC(O)C1COC(=O)C(O)(c1ccccc1)c1ccccc1. The van der Waals surface area contributed by atoms with Crippen LogP contribution in [-0.4, -0.2) is 53.4 Å². The predicted octanol–water partition coefficient (Wildman–Crippen LogP) is 1.92. The average molecular weight is 355 g/mol. The molecule has 2 aromatic carbocycles. The van der Waals surface area contributed by atoms with Crippen molar-refractivity contribution in [3.05, 3.63) is 71.8 Å². The van der Waals surface area contributed by atoms with E-state index in [1.54, 1.807) is 48.5 Å². The molecule has 26 heavy (non-hydrogen) atoms. The summed E-state index contributed by atoms with van der Waals surface area (Å²) in [6.07, 6.45) is 1.07. The second-order valence-corrected chi connectivity index (χ2v) is 6.80. The van der Waals surface area contributed by atoms with Crippen LogP contribution in [0.4, 0.5) is 0 Å². The van der Waals surface area contributed by atoms with Crippen molar-refractivity contribution < 1.29 is 19.7 Å². The Kier molecular flexibility index (Phi) is 5.71. The van der Waals surface area contributed by atoms with Gasteiger partial charge in [0.1, 0.15) is 6.61 Å². The molecule has 3 rings (SSSR count). The molecule has 0 spiro atoms. The number of ether oxygens (including phenoxy) is 1. The van der Waals surface area contributed by atoms with Gasteiger partial charge in [0.2, 0.25) is 5.60 Å². The molecule has 5 heteroatoms. The topological polar surface area (TPSA) is 70.0 Å². The Morgan fingerprint density at radius 1 is 1.12 bits per heavy atom. The largest absolute Gasteiger partial charge is 0.461 e. The van der Waals surface area contributed by atoms with E-state index >= 15 is 0 Å². The maximum atomic E-state index is 12.9. The van der Waals surface area contributed by atoms with Crippen molar-refractivity contribution in [2.24, 2.45) is 0 Å². The van der Waals surface area contributed by atoms with Crippen molar-refractivity contribution in [1.29, 1.82) is 0 Å². The van der Waals surface area contributed by atoms with E-state index in [-0.39, 0.29) is 12.6 Å². The van der Waals surface area contributed by atoms with Crippen molar-refractivity contribution in [3.63, 3.8) is 0 Å². The second kappa shape index (κ2) is 7.99. The van der Waals surface area contributed by atoms with Crippen LogP contribution in [0.15, 0.2) is 60.7 Å². The fourth-order valence-corrected chi connectivity index (χ4v) is 3.47. The number of benzene rings is 2. The Morgan fingerprint density at radius 2 is 1.65 bits per heavy atom. The third-order valence-electron chi connectivity index (χ3n) is 5.08. The Labute approximate surface area is 153 Å². The van der Waals surface area contributed by atoms with E-state index in [1.165, 1.54) is 0 Å². The van der Waals surface area contributed by atoms with E-state index in [9.17, 15) is 15.0 Å². The van der Waals surface area contributed by atoms with Gasteiger partial charge in [-0.05, 0) is 37.6 Å². The van der Waals surface area contributed by atoms with E-state index in [1.807, 2.05) is 24.1 Å². The Morgan fingerprint density at radius 3 is 2.15 bits per heavy atom. The lowest BCUT2D eigenvalue weighted by atomic mass is 9.86. The summed E-state index contributed by atoms with van der Waals surface area (Å²) in [5, 5.41) is 21.5. The number of esters is 1. The number of rotatable bonds is 5. The van der Waals surface area contributed by atoms with E-state index in [4.69, 9.17) is 4.74 Å². The molecule has 138 valence electrons. The molecular formula is C21H25NO4. The minimum absolute atomic E-state index is 0.0402. The monoisotopic (exact) mass is 355 g/mol. The van der Waals surface area contributed by atoms with Gasteiger partial charge in [-0.1, -0.05) is 60.7 Å². The van der Waals surface area contributed by atoms with Crippen molar-refractivity contribution in [1.82, 2.24) is 4.90 Å². The molecule has 2 aromatic rings. The number of piperidine rings is 1. The van der Waals surface area contributed by atoms with Crippen LogP contribution in [0, 0.1) is 0 Å². The molecule has 5 nitrogen and oxygen atoms in total. The number of carbonyl (C=O) groups is 1. The zero-order valence-electron chi connectivity index (χ0n) is 14.9. The van der Waals surface area contributed by atoms with Gasteiger partial charge in [-0.15, -0.1) is 0 Å². The highest BCUT2D eigenvalue weighted by molar-refractivity contribution is 5.85. The fourth-order valence-electron chi connectivity index (χ4n) is 3.47. The molecule has 1 aliphatic rings. The van der Waals surface area contributed by atoms with Crippen LogP contribution in [-0.2, 0) is 15.1 Å². The summed E-state index contributed by atoms with van der Waals surface area (Å²) in [7, 11) is 1.90. The summed E-state index contributed by atoms with van der Waals surface area (Å²) in [5.74, 6) is -0.735. The van der Waals surface area contributed by atoms with Crippen LogP contribution in [0.1, 0.15) is 24.0 Å². The van der Waals surface area contributed by atoms with Crippen molar-refractivity contribution in [3.8, 4) is 0 Å². The third-order valence-corrected chi connectivity index (χ3v) is 5.08. The number of likely N-dealkylation sites (tertiary alicyclic amines) is 1. The molecule has 1 saturated heterocycles. The van der Waals surface area contributed by atoms with Gasteiger partial charge in [-0.2, -0.15) is 0 Å². The molecule has 0 aliphatic carbocycles. The molecule has 0 radical (unpaired) electrons. The van der Waals surface area contributed by atoms with Crippen LogP contribution in [0.5, 0.6) is 0 Å². The highest BCUT2D eigenvalue weighted by atomic mass is 16.6. The number of carbonyl (C=O) groups excluding carboxylic acids is 1. The summed E-state index contributed by atoms with van der Waals surface area (Å²) < 4.78 is 5.51. The van der Waals surface area contributed by atoms with Gasteiger partial charge in [0.25, 0.3) is 0 Å². The lowest BCUT2D eigenvalue weighted by Gasteiger charge is -2.36. The van der Waals surface area contributed by atoms with Crippen LogP contribution in [0.2, 0.25) is 0 Å². The lowest BCUT2D eigenvalue weighted by Crippen LogP contribution is -2.50. The zero-order valence-corrected chi connectivity index (χ0v) is 14.9. The third kappa shape index (κ3) is 3.65. The van der Waals surface area contributed by atoms with E-state index in [0.29, 0.717) is 17.5 Å². The molecule has 2 N–H and O–H groups in total. The molecule has 0 aromatic heterocycles. The highest BCUT2D eigenvalue weighted by Gasteiger charge is 2.42. The quantitative estimate of drug-likeness (QED) is 0.802. The summed E-state index contributed by atoms with van der Waals surface area (Å²) in [6, 6.07) is 17.3. The summed E-state index contributed by atoms with van der Waals surface area (Å²) in [5.41, 5.74) is -0.983. The molecule has 0 amide bonds. The summed E-state index contributed by atoms with van der Waals surface area (Å²) in [4.78, 5) is 14.9. The molecule has 2 unspecified atom stereocenters. The average Bonchev–Trinajstić information content (AvgIpc) is 2.68. The first kappa shape index (κ1) is 18.6. The smallest absolute Gasteiger partial charge is 0.347 e. The number of nitrogens with zero attached hydrogens (tertiary/aromatic N) is 1. The van der Waals surface area contributed by atoms with Crippen molar-refractivity contribution in [2.75, 3.05) is 20.2 Å². The lowest BCUT2D eigenvalue weighted by molar-refractivity contribution is -0.165. The first-order valence-electron chi connectivity index (χ1n) is 8.92. The summed E-state index contributed by atoms with van der Waals surface area (Å²) in [6.45, 7) is 0.888. The van der Waals surface area contributed by atoms with Gasteiger partial charge < -0.3 is 14.9 Å². The first-order valence-corrected chi connectivity index (χ1v) is 8.92. The van der Waals surface area contributed by atoms with Crippen LogP contribution in [0.3, 0.4) is 0 Å². The van der Waals surface area contributed by atoms with Crippen LogP contribution in [0.25, 0.3) is 0 Å². The normalized spacial score (nSPS) is 21.3. The number of hydrogen-bond donors (Lipinski definition) is 2. The Bertz CT molecular complexity index is 670. The molecular weight excluding hydrogens is 330 g/mol. The maximum Gasteiger partial charge on any atom is 0.347 e. The standard InChI is InChI=1S/C21H25NO4/c1-22-14-8-13-19(23)18(22)15-26-20(24)21(25,16-9-4-2-5-10-16)17-11-6-3-7-12-17/h2-7,9-12,18-19,23,25H,8,13-15H2,1H3. The molecule has 1 aliphatic heterocycles. The molecule has 2 atom stereocenters. The number of aliphatic hydroxyl groups excluding tert-OH is 1. The van der Waals surface area contributed by atoms with Crippen LogP contribution < -0.4 is 0 Å². The van der Waals surface area contributed by atoms with Crippen LogP contribution >= 0.6 is 0 Å². The van der Waals surface area contributed by atoms with E-state index < -0.39 is 17.7 Å². The zero-order chi connectivity index (χ0) is 18.6. The maximum absolute atomic E-state index is 12.9. The predicted molar refractivity (Wildman–Crippen MR) is 98.5 cm³/mol. The fraction of sp³-hybridized carbons (Fsp3) is 0.381. The van der Waals surface area contributed by atoms with Gasteiger partial charge in [0.05, 0.1) is 12.1 Å². The van der Waals surface area contributed by atoms with Gasteiger partial charge in [-0.25, -0.2) is 4.79 Å². The Hall–Kier alpha value is -2.21. The molecule has 0 bridgehead atoms. The van der Waals surface area contributed by atoms with Gasteiger partial charge in [-0.3, -0.25) is 4.90 Å². The van der Waals surface area contributed by atoms with E-state index in [0.717, 1.165) is 13.0 Å². The van der Waals surface area contributed by atoms with Gasteiger partial charge in [0, 0.05) is 0 Å².